The molecule has 0 amide bonds. The highest BCUT2D eigenvalue weighted by Crippen LogP contribution is 2.26. The molecule has 0 aromatic rings. The molecule has 0 unspecified atom stereocenters. The van der Waals surface area contributed by atoms with Crippen molar-refractivity contribution in [1.29, 1.82) is 0 Å². The standard InChI is InChI=1S/C12H18O3/c1-2-11(13)9-5-3-7-10(12(14)15)8-4-6-9/h2,9-10H,1,3-8H2,(H,14,15). The predicted octanol–water partition coefficient (Wildman–Crippen LogP) is 2.41. The van der Waals surface area contributed by atoms with Crippen molar-refractivity contribution in [3.05, 3.63) is 12.7 Å². The fourth-order valence-electron chi connectivity index (χ4n) is 2.21. The molecule has 0 bridgehead atoms. The Morgan fingerprint density at radius 2 is 1.53 bits per heavy atom. The molecule has 0 aliphatic heterocycles. The minimum absolute atomic E-state index is 0.0808. The quantitative estimate of drug-likeness (QED) is 0.728. The van der Waals surface area contributed by atoms with Gasteiger partial charge in [-0.15, -0.1) is 0 Å². The molecule has 0 aromatic carbocycles. The Balaban J connectivity index is 2.46. The molecule has 1 aliphatic rings. The Morgan fingerprint density at radius 1 is 1.07 bits per heavy atom. The number of hydrogen-bond donors (Lipinski definition) is 1. The number of carboxylic acid groups (broad SMARTS) is 1. The van der Waals surface area contributed by atoms with Crippen LogP contribution < -0.4 is 0 Å². The summed E-state index contributed by atoms with van der Waals surface area (Å²) in [4.78, 5) is 22.2. The van der Waals surface area contributed by atoms with Gasteiger partial charge >= 0.3 is 5.97 Å². The Bertz CT molecular complexity index is 248. The number of carbonyl (C=O) groups is 2. The third-order valence-corrected chi connectivity index (χ3v) is 3.16. The van der Waals surface area contributed by atoms with Gasteiger partial charge in [-0.3, -0.25) is 9.59 Å². The lowest BCUT2D eigenvalue weighted by molar-refractivity contribution is -0.142. The molecule has 1 fully saturated rings. The van der Waals surface area contributed by atoms with Crippen molar-refractivity contribution in [1.82, 2.24) is 0 Å². The number of ketones is 1. The normalized spacial score (nSPS) is 27.5. The van der Waals surface area contributed by atoms with E-state index in [0.29, 0.717) is 12.8 Å². The molecule has 0 heterocycles. The number of allylic oxidation sites excluding steroid dienone is 1. The van der Waals surface area contributed by atoms with E-state index >= 15 is 0 Å². The molecular formula is C12H18O3. The van der Waals surface area contributed by atoms with Crippen LogP contribution >= 0.6 is 0 Å². The molecule has 0 atom stereocenters. The highest BCUT2D eigenvalue weighted by atomic mass is 16.4. The molecule has 84 valence electrons. The second-order valence-corrected chi connectivity index (χ2v) is 4.20. The van der Waals surface area contributed by atoms with Crippen LogP contribution in [0.3, 0.4) is 0 Å². The summed E-state index contributed by atoms with van der Waals surface area (Å²) in [7, 11) is 0. The second kappa shape index (κ2) is 5.69. The number of rotatable bonds is 3. The molecule has 0 spiro atoms. The highest BCUT2D eigenvalue weighted by Gasteiger charge is 2.23. The van der Waals surface area contributed by atoms with Gasteiger partial charge in [0.15, 0.2) is 5.78 Å². The monoisotopic (exact) mass is 210 g/mol. The van der Waals surface area contributed by atoms with E-state index in [4.69, 9.17) is 5.11 Å². The fraction of sp³-hybridized carbons (Fsp3) is 0.667. The Hall–Kier alpha value is -1.12. The van der Waals surface area contributed by atoms with E-state index in [0.717, 1.165) is 25.7 Å². The van der Waals surface area contributed by atoms with Gasteiger partial charge in [0.1, 0.15) is 0 Å². The van der Waals surface area contributed by atoms with Crippen molar-refractivity contribution < 1.29 is 14.7 Å². The number of carboxylic acids is 1. The van der Waals surface area contributed by atoms with Crippen LogP contribution in [0, 0.1) is 11.8 Å². The number of hydrogen-bond acceptors (Lipinski definition) is 2. The van der Waals surface area contributed by atoms with Gasteiger partial charge in [0, 0.05) is 5.92 Å². The van der Waals surface area contributed by atoms with Gasteiger partial charge in [0.2, 0.25) is 0 Å². The topological polar surface area (TPSA) is 54.4 Å². The SMILES string of the molecule is C=CC(=O)C1CCCC(C(=O)O)CCC1. The first kappa shape index (κ1) is 12.0. The zero-order chi connectivity index (χ0) is 11.3. The van der Waals surface area contributed by atoms with Crippen LogP contribution in [0.5, 0.6) is 0 Å². The summed E-state index contributed by atoms with van der Waals surface area (Å²) < 4.78 is 0. The molecular weight excluding hydrogens is 192 g/mol. The van der Waals surface area contributed by atoms with E-state index in [9.17, 15) is 9.59 Å². The lowest BCUT2D eigenvalue weighted by Crippen LogP contribution is -2.20. The van der Waals surface area contributed by atoms with E-state index in [1.165, 1.54) is 6.08 Å². The van der Waals surface area contributed by atoms with Crippen LogP contribution in [0.25, 0.3) is 0 Å². The minimum Gasteiger partial charge on any atom is -0.481 e. The lowest BCUT2D eigenvalue weighted by atomic mass is 9.84. The molecule has 15 heavy (non-hydrogen) atoms. The summed E-state index contributed by atoms with van der Waals surface area (Å²) in [6, 6.07) is 0. The number of aliphatic carboxylic acids is 1. The summed E-state index contributed by atoms with van der Waals surface area (Å²) in [6.07, 6.45) is 6.10. The van der Waals surface area contributed by atoms with Crippen molar-refractivity contribution in [3.63, 3.8) is 0 Å². The van der Waals surface area contributed by atoms with Crippen molar-refractivity contribution in [3.8, 4) is 0 Å². The predicted molar refractivity (Wildman–Crippen MR) is 57.5 cm³/mol. The van der Waals surface area contributed by atoms with Gasteiger partial charge in [-0.05, 0) is 31.8 Å². The van der Waals surface area contributed by atoms with Gasteiger partial charge < -0.3 is 5.11 Å². The van der Waals surface area contributed by atoms with E-state index in [1.807, 2.05) is 0 Å². The maximum atomic E-state index is 11.4. The Kier molecular flexibility index (Phi) is 4.53. The third-order valence-electron chi connectivity index (χ3n) is 3.16. The maximum Gasteiger partial charge on any atom is 0.306 e. The summed E-state index contributed by atoms with van der Waals surface area (Å²) in [5.74, 6) is -0.700. The smallest absolute Gasteiger partial charge is 0.306 e. The van der Waals surface area contributed by atoms with Gasteiger partial charge in [-0.2, -0.15) is 0 Å². The largest absolute Gasteiger partial charge is 0.481 e. The molecule has 0 radical (unpaired) electrons. The Labute approximate surface area is 90.2 Å². The molecule has 1 N–H and O–H groups in total. The first-order chi connectivity index (χ1) is 7.15. The second-order valence-electron chi connectivity index (χ2n) is 4.20. The van der Waals surface area contributed by atoms with Crippen LogP contribution in [0.4, 0.5) is 0 Å². The average Bonchev–Trinajstić information content (AvgIpc) is 2.16. The van der Waals surface area contributed by atoms with Crippen LogP contribution in [0.1, 0.15) is 38.5 Å². The molecule has 3 heteroatoms. The zero-order valence-electron chi connectivity index (χ0n) is 8.95. The first-order valence-corrected chi connectivity index (χ1v) is 5.54. The summed E-state index contributed by atoms with van der Waals surface area (Å²) in [5, 5.41) is 8.89. The van der Waals surface area contributed by atoms with E-state index in [1.54, 1.807) is 0 Å². The van der Waals surface area contributed by atoms with Crippen LogP contribution in [-0.2, 0) is 9.59 Å². The molecule has 0 aromatic heterocycles. The molecule has 1 saturated carbocycles. The molecule has 3 nitrogen and oxygen atoms in total. The molecule has 1 aliphatic carbocycles. The number of carbonyl (C=O) groups excluding carboxylic acids is 1. The van der Waals surface area contributed by atoms with Crippen LogP contribution in [-0.4, -0.2) is 16.9 Å². The van der Waals surface area contributed by atoms with E-state index in [-0.39, 0.29) is 17.6 Å². The maximum absolute atomic E-state index is 11.4. The highest BCUT2D eigenvalue weighted by molar-refractivity contribution is 5.91. The minimum atomic E-state index is -0.691. The van der Waals surface area contributed by atoms with Crippen LogP contribution in [0.2, 0.25) is 0 Å². The fourth-order valence-corrected chi connectivity index (χ4v) is 2.21. The van der Waals surface area contributed by atoms with Gasteiger partial charge in [-0.25, -0.2) is 0 Å². The van der Waals surface area contributed by atoms with Crippen molar-refractivity contribution in [2.45, 2.75) is 38.5 Å². The van der Waals surface area contributed by atoms with E-state index < -0.39 is 5.97 Å². The zero-order valence-corrected chi connectivity index (χ0v) is 8.95. The van der Waals surface area contributed by atoms with Gasteiger partial charge in [0.25, 0.3) is 0 Å². The first-order valence-electron chi connectivity index (χ1n) is 5.54. The third kappa shape index (κ3) is 3.50. The molecule has 0 saturated heterocycles. The average molecular weight is 210 g/mol. The summed E-state index contributed by atoms with van der Waals surface area (Å²) in [6.45, 7) is 3.49. The van der Waals surface area contributed by atoms with Gasteiger partial charge in [0.05, 0.1) is 5.92 Å². The van der Waals surface area contributed by atoms with Crippen LogP contribution in [0.15, 0.2) is 12.7 Å². The van der Waals surface area contributed by atoms with E-state index in [2.05, 4.69) is 6.58 Å². The van der Waals surface area contributed by atoms with Crippen molar-refractivity contribution in [2.75, 3.05) is 0 Å². The van der Waals surface area contributed by atoms with Gasteiger partial charge in [-0.1, -0.05) is 19.4 Å². The molecule has 1 rings (SSSR count). The summed E-state index contributed by atoms with van der Waals surface area (Å²) >= 11 is 0. The summed E-state index contributed by atoms with van der Waals surface area (Å²) in [5.41, 5.74) is 0. The van der Waals surface area contributed by atoms with Crippen molar-refractivity contribution in [2.24, 2.45) is 11.8 Å². The Morgan fingerprint density at radius 3 is 1.93 bits per heavy atom. The van der Waals surface area contributed by atoms with Crippen molar-refractivity contribution >= 4 is 11.8 Å². The lowest BCUT2D eigenvalue weighted by Gasteiger charge is -2.20.